The average Bonchev–Trinajstić information content (AvgIpc) is 2.78. The molecule has 0 aliphatic carbocycles. The predicted molar refractivity (Wildman–Crippen MR) is 62.6 cm³/mol. The highest BCUT2D eigenvalue weighted by Crippen LogP contribution is 2.23. The Bertz CT molecular complexity index is 341. The van der Waals surface area contributed by atoms with E-state index in [0.29, 0.717) is 12.3 Å². The van der Waals surface area contributed by atoms with Crippen LogP contribution in [-0.2, 0) is 16.1 Å². The molecule has 6 nitrogen and oxygen atoms in total. The van der Waals surface area contributed by atoms with Crippen molar-refractivity contribution in [3.8, 4) is 0 Å². The zero-order chi connectivity index (χ0) is 12.8. The third-order valence-corrected chi connectivity index (χ3v) is 2.87. The summed E-state index contributed by atoms with van der Waals surface area (Å²) in [5.74, 6) is 0. The van der Waals surface area contributed by atoms with E-state index < -0.39 is 0 Å². The average molecular weight is 243 g/mol. The molecule has 1 N–H and O–H groups in total. The van der Waals surface area contributed by atoms with Crippen LogP contribution in [-0.4, -0.2) is 40.9 Å². The number of aliphatic hydroxyl groups excluding tert-OH is 1. The SMILES string of the molecule is CCC(COC)n1nnc(CO)c1C(C)OC. The van der Waals surface area contributed by atoms with Crippen molar-refractivity contribution in [1.29, 1.82) is 0 Å². The Morgan fingerprint density at radius 2 is 2.12 bits per heavy atom. The highest BCUT2D eigenvalue weighted by Gasteiger charge is 2.22. The van der Waals surface area contributed by atoms with Gasteiger partial charge in [0.05, 0.1) is 31.1 Å². The van der Waals surface area contributed by atoms with Gasteiger partial charge in [-0.05, 0) is 13.3 Å². The Kier molecular flexibility index (Phi) is 5.54. The zero-order valence-electron chi connectivity index (χ0n) is 10.9. The molecule has 2 unspecified atom stereocenters. The molecule has 1 heterocycles. The molecule has 6 heteroatoms. The maximum Gasteiger partial charge on any atom is 0.114 e. The third-order valence-electron chi connectivity index (χ3n) is 2.87. The lowest BCUT2D eigenvalue weighted by atomic mass is 10.2. The van der Waals surface area contributed by atoms with Crippen LogP contribution in [0.15, 0.2) is 0 Å². The third kappa shape index (κ3) is 3.02. The topological polar surface area (TPSA) is 69.4 Å². The summed E-state index contributed by atoms with van der Waals surface area (Å²) in [5.41, 5.74) is 1.38. The first-order valence-corrected chi connectivity index (χ1v) is 5.76. The Labute approximate surface area is 102 Å². The van der Waals surface area contributed by atoms with Crippen LogP contribution in [0.3, 0.4) is 0 Å². The van der Waals surface area contributed by atoms with Gasteiger partial charge in [0.15, 0.2) is 0 Å². The number of aromatic nitrogens is 3. The van der Waals surface area contributed by atoms with Gasteiger partial charge in [0.25, 0.3) is 0 Å². The maximum absolute atomic E-state index is 9.26. The normalized spacial score (nSPS) is 14.9. The molecule has 0 amide bonds. The number of nitrogens with zero attached hydrogens (tertiary/aromatic N) is 3. The van der Waals surface area contributed by atoms with Crippen molar-refractivity contribution in [1.82, 2.24) is 15.0 Å². The molecule has 98 valence electrons. The minimum absolute atomic E-state index is 0.111. The van der Waals surface area contributed by atoms with Gasteiger partial charge in [-0.2, -0.15) is 0 Å². The van der Waals surface area contributed by atoms with Gasteiger partial charge in [0, 0.05) is 14.2 Å². The van der Waals surface area contributed by atoms with Crippen LogP contribution in [0, 0.1) is 0 Å². The standard InChI is InChI=1S/C11H21N3O3/c1-5-9(7-16-3)14-11(8(2)17-4)10(6-15)12-13-14/h8-9,15H,5-7H2,1-4H3. The highest BCUT2D eigenvalue weighted by atomic mass is 16.5. The first-order valence-electron chi connectivity index (χ1n) is 5.76. The summed E-state index contributed by atoms with van der Waals surface area (Å²) in [6, 6.07) is 0.111. The number of hydrogen-bond acceptors (Lipinski definition) is 5. The number of methoxy groups -OCH3 is 2. The van der Waals surface area contributed by atoms with Gasteiger partial charge >= 0.3 is 0 Å². The molecule has 1 aromatic heterocycles. The quantitative estimate of drug-likeness (QED) is 0.776. The van der Waals surface area contributed by atoms with Gasteiger partial charge in [-0.1, -0.05) is 12.1 Å². The summed E-state index contributed by atoms with van der Waals surface area (Å²) >= 11 is 0. The van der Waals surface area contributed by atoms with E-state index in [1.165, 1.54) is 0 Å². The molecule has 0 aliphatic heterocycles. The van der Waals surface area contributed by atoms with Crippen LogP contribution < -0.4 is 0 Å². The number of ether oxygens (including phenoxy) is 2. The van der Waals surface area contributed by atoms with Gasteiger partial charge < -0.3 is 14.6 Å². The second kappa shape index (κ2) is 6.68. The maximum atomic E-state index is 9.26. The Hall–Kier alpha value is -0.980. The second-order valence-electron chi connectivity index (χ2n) is 3.92. The Balaban J connectivity index is 3.09. The minimum Gasteiger partial charge on any atom is -0.390 e. The summed E-state index contributed by atoms with van der Waals surface area (Å²) in [5, 5.41) is 17.3. The Morgan fingerprint density at radius 1 is 1.41 bits per heavy atom. The van der Waals surface area contributed by atoms with Crippen LogP contribution in [0.1, 0.15) is 43.8 Å². The van der Waals surface area contributed by atoms with Crippen molar-refractivity contribution in [2.24, 2.45) is 0 Å². The molecule has 2 atom stereocenters. The van der Waals surface area contributed by atoms with Crippen molar-refractivity contribution in [3.63, 3.8) is 0 Å². The number of aliphatic hydroxyl groups is 1. The largest absolute Gasteiger partial charge is 0.390 e. The van der Waals surface area contributed by atoms with Crippen LogP contribution in [0.25, 0.3) is 0 Å². The summed E-state index contributed by atoms with van der Waals surface area (Å²) in [4.78, 5) is 0. The smallest absolute Gasteiger partial charge is 0.114 e. The van der Waals surface area contributed by atoms with Crippen molar-refractivity contribution in [2.45, 2.75) is 39.0 Å². The molecule has 0 bridgehead atoms. The van der Waals surface area contributed by atoms with E-state index in [2.05, 4.69) is 17.2 Å². The molecule has 0 spiro atoms. The fraction of sp³-hybridized carbons (Fsp3) is 0.818. The first-order chi connectivity index (χ1) is 8.19. The molecule has 0 saturated heterocycles. The van der Waals surface area contributed by atoms with Crippen LogP contribution in [0.2, 0.25) is 0 Å². The van der Waals surface area contributed by atoms with Crippen molar-refractivity contribution >= 4 is 0 Å². The fourth-order valence-electron chi connectivity index (χ4n) is 1.80. The van der Waals surface area contributed by atoms with E-state index in [0.717, 1.165) is 12.1 Å². The van der Waals surface area contributed by atoms with Gasteiger partial charge in [-0.15, -0.1) is 5.10 Å². The molecule has 1 rings (SSSR count). The second-order valence-corrected chi connectivity index (χ2v) is 3.92. The predicted octanol–water partition coefficient (Wildman–Crippen LogP) is 1.08. The van der Waals surface area contributed by atoms with Gasteiger partial charge in [-0.25, -0.2) is 4.68 Å². The molecule has 0 aliphatic rings. The van der Waals surface area contributed by atoms with Gasteiger partial charge in [0.1, 0.15) is 5.69 Å². The van der Waals surface area contributed by atoms with E-state index >= 15 is 0 Å². The number of rotatable bonds is 7. The van der Waals surface area contributed by atoms with Gasteiger partial charge in [-0.3, -0.25) is 0 Å². The summed E-state index contributed by atoms with van der Waals surface area (Å²) in [7, 11) is 3.28. The molecule has 0 radical (unpaired) electrons. The molecule has 17 heavy (non-hydrogen) atoms. The monoisotopic (exact) mass is 243 g/mol. The lowest BCUT2D eigenvalue weighted by Gasteiger charge is -2.19. The molecule has 0 saturated carbocycles. The molecule has 1 aromatic rings. The lowest BCUT2D eigenvalue weighted by Crippen LogP contribution is -2.20. The van der Waals surface area contributed by atoms with E-state index in [-0.39, 0.29) is 18.8 Å². The minimum atomic E-state index is -0.155. The van der Waals surface area contributed by atoms with E-state index in [9.17, 15) is 5.11 Å². The number of hydrogen-bond donors (Lipinski definition) is 1. The molecular formula is C11H21N3O3. The summed E-state index contributed by atoms with van der Waals surface area (Å²) < 4.78 is 12.3. The van der Waals surface area contributed by atoms with Crippen LogP contribution in [0.4, 0.5) is 0 Å². The van der Waals surface area contributed by atoms with E-state index in [1.54, 1.807) is 18.9 Å². The van der Waals surface area contributed by atoms with Crippen LogP contribution in [0.5, 0.6) is 0 Å². The molecule has 0 aromatic carbocycles. The Morgan fingerprint density at radius 3 is 2.59 bits per heavy atom. The van der Waals surface area contributed by atoms with E-state index in [1.807, 2.05) is 6.92 Å². The molecular weight excluding hydrogens is 222 g/mol. The van der Waals surface area contributed by atoms with E-state index in [4.69, 9.17) is 9.47 Å². The van der Waals surface area contributed by atoms with Crippen molar-refractivity contribution < 1.29 is 14.6 Å². The highest BCUT2D eigenvalue weighted by molar-refractivity contribution is 5.13. The van der Waals surface area contributed by atoms with Crippen LogP contribution >= 0.6 is 0 Å². The zero-order valence-corrected chi connectivity index (χ0v) is 10.9. The fourth-order valence-corrected chi connectivity index (χ4v) is 1.80. The molecule has 0 fully saturated rings. The summed E-state index contributed by atoms with van der Waals surface area (Å²) in [6.07, 6.45) is 0.726. The first kappa shape index (κ1) is 14.1. The van der Waals surface area contributed by atoms with Gasteiger partial charge in [0.2, 0.25) is 0 Å². The van der Waals surface area contributed by atoms with Crippen molar-refractivity contribution in [3.05, 3.63) is 11.4 Å². The van der Waals surface area contributed by atoms with Crippen molar-refractivity contribution in [2.75, 3.05) is 20.8 Å². The lowest BCUT2D eigenvalue weighted by molar-refractivity contribution is 0.0974. The summed E-state index contributed by atoms with van der Waals surface area (Å²) in [6.45, 7) is 4.40.